The number of fused-ring (bicyclic) bond motifs is 5. The fourth-order valence-electron chi connectivity index (χ4n) is 7.78. The van der Waals surface area contributed by atoms with Crippen LogP contribution in [0.15, 0.2) is 170 Å². The number of para-hydroxylation sites is 2. The molecular formula is C47H36N2. The van der Waals surface area contributed by atoms with Crippen molar-refractivity contribution in [3.8, 4) is 33.4 Å². The Morgan fingerprint density at radius 2 is 0.735 bits per heavy atom. The Kier molecular flexibility index (Phi) is 6.84. The molecule has 0 saturated carbocycles. The monoisotopic (exact) mass is 628 g/mol. The van der Waals surface area contributed by atoms with Crippen LogP contribution in [0.3, 0.4) is 0 Å². The summed E-state index contributed by atoms with van der Waals surface area (Å²) in [6.45, 7) is 4.69. The fraction of sp³-hybridized carbons (Fsp3) is 0.0638. The Labute approximate surface area is 287 Å². The van der Waals surface area contributed by atoms with E-state index in [1.54, 1.807) is 0 Å². The fourth-order valence-corrected chi connectivity index (χ4v) is 7.78. The zero-order valence-electron chi connectivity index (χ0n) is 27.7. The summed E-state index contributed by atoms with van der Waals surface area (Å²) >= 11 is 0. The third-order valence-electron chi connectivity index (χ3n) is 10.2. The minimum atomic E-state index is -0.162. The summed E-state index contributed by atoms with van der Waals surface area (Å²) in [5, 5.41) is 12.6. The average Bonchev–Trinajstić information content (AvgIpc) is 3.36. The van der Waals surface area contributed by atoms with Crippen molar-refractivity contribution in [3.05, 3.63) is 181 Å². The zero-order chi connectivity index (χ0) is 33.0. The second kappa shape index (κ2) is 11.5. The molecular weight excluding hydrogens is 593 g/mol. The Hall–Kier alpha value is -6.12. The zero-order valence-corrected chi connectivity index (χ0v) is 27.7. The summed E-state index contributed by atoms with van der Waals surface area (Å²) in [5.74, 6) is 0. The number of benzene rings is 8. The molecule has 0 amide bonds. The standard InChI is InChI=1S/C47H36N2/c1-47(2)43-29-33(48-45-23-9-7-19-41(45)37-21-11-15-31-13-3-5-17-35(31)37)25-27-39(43)40-28-26-34(30-44(40)47)49-46-24-10-8-20-42(46)38-22-12-16-32-14-4-6-18-36(32)38/h3-30,48-49H,1-2H3. The van der Waals surface area contributed by atoms with E-state index in [2.05, 4.69) is 194 Å². The third-order valence-corrected chi connectivity index (χ3v) is 10.2. The first-order valence-corrected chi connectivity index (χ1v) is 17.0. The number of anilines is 4. The van der Waals surface area contributed by atoms with Crippen LogP contribution >= 0.6 is 0 Å². The normalized spacial score (nSPS) is 12.9. The minimum absolute atomic E-state index is 0.162. The van der Waals surface area contributed by atoms with Crippen LogP contribution in [0.4, 0.5) is 22.7 Å². The third kappa shape index (κ3) is 4.96. The van der Waals surface area contributed by atoms with E-state index in [-0.39, 0.29) is 5.41 Å². The van der Waals surface area contributed by atoms with Gasteiger partial charge in [0.1, 0.15) is 0 Å². The second-order valence-corrected chi connectivity index (χ2v) is 13.5. The molecule has 0 fully saturated rings. The van der Waals surface area contributed by atoms with Crippen molar-refractivity contribution >= 4 is 44.3 Å². The highest BCUT2D eigenvalue weighted by molar-refractivity contribution is 6.01. The molecule has 0 atom stereocenters. The van der Waals surface area contributed by atoms with Crippen molar-refractivity contribution in [3.63, 3.8) is 0 Å². The Bertz CT molecular complexity index is 2350. The van der Waals surface area contributed by atoms with E-state index in [4.69, 9.17) is 0 Å². The van der Waals surface area contributed by atoms with Crippen molar-refractivity contribution < 1.29 is 0 Å². The lowest BCUT2D eigenvalue weighted by molar-refractivity contribution is 0.661. The lowest BCUT2D eigenvalue weighted by Crippen LogP contribution is -2.15. The molecule has 2 heteroatoms. The topological polar surface area (TPSA) is 24.1 Å². The molecule has 0 saturated heterocycles. The highest BCUT2D eigenvalue weighted by Gasteiger charge is 2.36. The predicted octanol–water partition coefficient (Wildman–Crippen LogP) is 13.1. The summed E-state index contributed by atoms with van der Waals surface area (Å²) in [4.78, 5) is 0. The summed E-state index contributed by atoms with van der Waals surface area (Å²) in [6.07, 6.45) is 0. The number of hydrogen-bond acceptors (Lipinski definition) is 2. The van der Waals surface area contributed by atoms with E-state index < -0.39 is 0 Å². The van der Waals surface area contributed by atoms with Gasteiger partial charge in [-0.15, -0.1) is 0 Å². The molecule has 0 spiro atoms. The first kappa shape index (κ1) is 29.1. The van der Waals surface area contributed by atoms with Gasteiger partial charge in [0.05, 0.1) is 0 Å². The quantitative estimate of drug-likeness (QED) is 0.191. The highest BCUT2D eigenvalue weighted by atomic mass is 14.9. The number of hydrogen-bond donors (Lipinski definition) is 2. The van der Waals surface area contributed by atoms with Gasteiger partial charge in [0, 0.05) is 39.3 Å². The molecule has 0 aromatic heterocycles. The van der Waals surface area contributed by atoms with Gasteiger partial charge in [-0.2, -0.15) is 0 Å². The SMILES string of the molecule is CC1(C)c2cc(Nc3ccccc3-c3cccc4ccccc34)ccc2-c2ccc(Nc3ccccc3-c3cccc4ccccc34)cc21. The molecule has 2 nitrogen and oxygen atoms in total. The van der Waals surface area contributed by atoms with Crippen LogP contribution in [0.1, 0.15) is 25.0 Å². The van der Waals surface area contributed by atoms with E-state index in [9.17, 15) is 0 Å². The van der Waals surface area contributed by atoms with E-state index in [0.717, 1.165) is 22.7 Å². The first-order chi connectivity index (χ1) is 24.0. The smallest absolute Gasteiger partial charge is 0.0464 e. The molecule has 1 aliphatic carbocycles. The number of rotatable bonds is 6. The van der Waals surface area contributed by atoms with E-state index in [0.29, 0.717) is 0 Å². The second-order valence-electron chi connectivity index (χ2n) is 13.5. The van der Waals surface area contributed by atoms with Crippen LogP contribution in [0.5, 0.6) is 0 Å². The molecule has 234 valence electrons. The van der Waals surface area contributed by atoms with Crippen molar-refractivity contribution in [1.29, 1.82) is 0 Å². The van der Waals surface area contributed by atoms with Crippen molar-refractivity contribution in [2.45, 2.75) is 19.3 Å². The predicted molar refractivity (Wildman–Crippen MR) is 209 cm³/mol. The first-order valence-electron chi connectivity index (χ1n) is 17.0. The van der Waals surface area contributed by atoms with Gasteiger partial charge in [0.25, 0.3) is 0 Å². The van der Waals surface area contributed by atoms with E-state index in [1.807, 2.05) is 0 Å². The average molecular weight is 629 g/mol. The minimum Gasteiger partial charge on any atom is -0.355 e. The van der Waals surface area contributed by atoms with Crippen LogP contribution in [0.2, 0.25) is 0 Å². The van der Waals surface area contributed by atoms with Gasteiger partial charge in [-0.05, 0) is 91.3 Å². The van der Waals surface area contributed by atoms with Crippen LogP contribution in [0, 0.1) is 0 Å². The molecule has 0 radical (unpaired) electrons. The van der Waals surface area contributed by atoms with Crippen LogP contribution in [-0.4, -0.2) is 0 Å². The van der Waals surface area contributed by atoms with Crippen molar-refractivity contribution in [2.24, 2.45) is 0 Å². The Morgan fingerprint density at radius 3 is 1.22 bits per heavy atom. The van der Waals surface area contributed by atoms with E-state index in [1.165, 1.54) is 66.1 Å². The van der Waals surface area contributed by atoms with Gasteiger partial charge in [-0.1, -0.05) is 147 Å². The van der Waals surface area contributed by atoms with Gasteiger partial charge in [-0.3, -0.25) is 0 Å². The largest absolute Gasteiger partial charge is 0.355 e. The molecule has 8 aromatic rings. The summed E-state index contributed by atoms with van der Waals surface area (Å²) < 4.78 is 0. The van der Waals surface area contributed by atoms with Crippen LogP contribution in [0.25, 0.3) is 54.9 Å². The molecule has 0 heterocycles. The molecule has 9 rings (SSSR count). The molecule has 49 heavy (non-hydrogen) atoms. The molecule has 0 aliphatic heterocycles. The lowest BCUT2D eigenvalue weighted by Gasteiger charge is -2.23. The maximum atomic E-state index is 3.80. The number of nitrogens with one attached hydrogen (secondary N) is 2. The van der Waals surface area contributed by atoms with Gasteiger partial charge in [-0.25, -0.2) is 0 Å². The van der Waals surface area contributed by atoms with Crippen LogP contribution < -0.4 is 10.6 Å². The molecule has 2 N–H and O–H groups in total. The van der Waals surface area contributed by atoms with Gasteiger partial charge in [0.2, 0.25) is 0 Å². The maximum absolute atomic E-state index is 3.80. The summed E-state index contributed by atoms with van der Waals surface area (Å²) in [5.41, 5.74) is 14.4. The molecule has 0 unspecified atom stereocenters. The Balaban J connectivity index is 1.04. The van der Waals surface area contributed by atoms with Crippen LogP contribution in [-0.2, 0) is 5.41 Å². The molecule has 0 bridgehead atoms. The summed E-state index contributed by atoms with van der Waals surface area (Å²) in [6, 6.07) is 61.3. The lowest BCUT2D eigenvalue weighted by atomic mass is 9.82. The van der Waals surface area contributed by atoms with Crippen molar-refractivity contribution in [2.75, 3.05) is 10.6 Å². The molecule has 1 aliphatic rings. The van der Waals surface area contributed by atoms with Gasteiger partial charge < -0.3 is 10.6 Å². The Morgan fingerprint density at radius 1 is 0.347 bits per heavy atom. The van der Waals surface area contributed by atoms with Gasteiger partial charge >= 0.3 is 0 Å². The maximum Gasteiger partial charge on any atom is 0.0464 e. The van der Waals surface area contributed by atoms with Gasteiger partial charge in [0.15, 0.2) is 0 Å². The van der Waals surface area contributed by atoms with Crippen molar-refractivity contribution in [1.82, 2.24) is 0 Å². The van der Waals surface area contributed by atoms with E-state index >= 15 is 0 Å². The summed E-state index contributed by atoms with van der Waals surface area (Å²) in [7, 11) is 0. The highest BCUT2D eigenvalue weighted by Crippen LogP contribution is 2.51. The molecule has 8 aromatic carbocycles.